The lowest BCUT2D eigenvalue weighted by Gasteiger charge is -2.19. The number of benzene rings is 4. The van der Waals surface area contributed by atoms with E-state index in [-0.39, 0.29) is 0 Å². The second kappa shape index (κ2) is 8.84. The maximum atomic E-state index is 6.46. The maximum absolute atomic E-state index is 6.46. The zero-order chi connectivity index (χ0) is 20.2. The average Bonchev–Trinajstić information content (AvgIpc) is 2.74. The second-order valence-corrected chi connectivity index (χ2v) is 8.25. The molecule has 4 aromatic rings. The molecule has 1 nitrogen and oxygen atoms in total. The Labute approximate surface area is 181 Å². The lowest BCUT2D eigenvalue weighted by Crippen LogP contribution is -2.01. The summed E-state index contributed by atoms with van der Waals surface area (Å²) in [4.78, 5) is 0. The smallest absolute Gasteiger partial charge is 0.135 e. The fourth-order valence-corrected chi connectivity index (χ4v) is 4.29. The number of hydrogen-bond donors (Lipinski definition) is 0. The lowest BCUT2D eigenvalue weighted by molar-refractivity contribution is 0.312. The van der Waals surface area contributed by atoms with Gasteiger partial charge in [0.25, 0.3) is 0 Å². The van der Waals surface area contributed by atoms with E-state index in [1.807, 2.05) is 6.07 Å². The molecule has 0 aliphatic heterocycles. The molecule has 0 spiro atoms. The minimum Gasteiger partial charge on any atom is -0.492 e. The van der Waals surface area contributed by atoms with E-state index in [9.17, 15) is 0 Å². The highest BCUT2D eigenvalue weighted by atomic mass is 79.9. The molecule has 29 heavy (non-hydrogen) atoms. The van der Waals surface area contributed by atoms with Crippen LogP contribution in [-0.4, -0.2) is 6.61 Å². The van der Waals surface area contributed by atoms with Crippen molar-refractivity contribution in [1.29, 1.82) is 0 Å². The number of unbranched alkanes of at least 4 members (excludes halogenated alkanes) is 1. The Bertz CT molecular complexity index is 1140. The van der Waals surface area contributed by atoms with E-state index >= 15 is 0 Å². The normalized spacial score (nSPS) is 11.0. The van der Waals surface area contributed by atoms with Crippen molar-refractivity contribution in [3.05, 3.63) is 88.9 Å². The topological polar surface area (TPSA) is 9.23 Å². The predicted molar refractivity (Wildman–Crippen MR) is 128 cm³/mol. The van der Waals surface area contributed by atoms with Crippen molar-refractivity contribution in [2.75, 3.05) is 6.61 Å². The van der Waals surface area contributed by atoms with Gasteiger partial charge in [-0.2, -0.15) is 0 Å². The van der Waals surface area contributed by atoms with Gasteiger partial charge in [-0.25, -0.2) is 0 Å². The molecule has 2 heteroatoms. The van der Waals surface area contributed by atoms with Crippen LogP contribution in [-0.2, 0) is 0 Å². The van der Waals surface area contributed by atoms with Crippen LogP contribution in [0.3, 0.4) is 0 Å². The number of fused-ring (bicyclic) bond motifs is 1. The minimum absolute atomic E-state index is 0.717. The lowest BCUT2D eigenvalue weighted by atomic mass is 9.92. The Balaban J connectivity index is 1.99. The summed E-state index contributed by atoms with van der Waals surface area (Å²) in [6.45, 7) is 5.07. The maximum Gasteiger partial charge on any atom is 0.135 e. The molecule has 0 aliphatic rings. The summed E-state index contributed by atoms with van der Waals surface area (Å²) < 4.78 is 7.53. The molecule has 4 aromatic carbocycles. The highest BCUT2D eigenvalue weighted by Gasteiger charge is 2.18. The third-order valence-electron chi connectivity index (χ3n) is 5.22. The number of halogens is 1. The molecule has 0 N–H and O–H groups in total. The molecule has 0 fully saturated rings. The van der Waals surface area contributed by atoms with E-state index in [2.05, 4.69) is 103 Å². The summed E-state index contributed by atoms with van der Waals surface area (Å²) in [7, 11) is 0. The molecule has 0 heterocycles. The highest BCUT2D eigenvalue weighted by Crippen LogP contribution is 2.44. The molecule has 0 saturated carbocycles. The van der Waals surface area contributed by atoms with E-state index in [0.29, 0.717) is 0 Å². The summed E-state index contributed by atoms with van der Waals surface area (Å²) in [5, 5.41) is 2.49. The molecular formula is C27H25BrO. The van der Waals surface area contributed by atoms with Crippen LogP contribution in [0.5, 0.6) is 5.75 Å². The quantitative estimate of drug-likeness (QED) is 0.271. The molecule has 0 bridgehead atoms. The van der Waals surface area contributed by atoms with E-state index in [0.717, 1.165) is 46.4 Å². The molecule has 0 aliphatic carbocycles. The van der Waals surface area contributed by atoms with Gasteiger partial charge in [0.2, 0.25) is 0 Å². The van der Waals surface area contributed by atoms with Gasteiger partial charge in [0.15, 0.2) is 0 Å². The molecule has 0 unspecified atom stereocenters. The van der Waals surface area contributed by atoms with Gasteiger partial charge in [-0.1, -0.05) is 89.9 Å². The SMILES string of the molecule is CCCCOc1c(-c2ccccc2Br)cc(C)cc1-c1cccc2ccccc12. The van der Waals surface area contributed by atoms with Gasteiger partial charge in [-0.15, -0.1) is 0 Å². The van der Waals surface area contributed by atoms with Crippen molar-refractivity contribution in [1.82, 2.24) is 0 Å². The fraction of sp³-hybridized carbons (Fsp3) is 0.185. The van der Waals surface area contributed by atoms with E-state index in [4.69, 9.17) is 4.74 Å². The summed E-state index contributed by atoms with van der Waals surface area (Å²) in [6.07, 6.45) is 2.15. The number of hydrogen-bond acceptors (Lipinski definition) is 1. The zero-order valence-electron chi connectivity index (χ0n) is 16.9. The minimum atomic E-state index is 0.717. The van der Waals surface area contributed by atoms with Crippen molar-refractivity contribution in [3.8, 4) is 28.0 Å². The van der Waals surface area contributed by atoms with Crippen molar-refractivity contribution in [2.24, 2.45) is 0 Å². The first kappa shape index (κ1) is 19.7. The number of aryl methyl sites for hydroxylation is 1. The molecule has 0 radical (unpaired) electrons. The molecule has 0 atom stereocenters. The Morgan fingerprint density at radius 1 is 0.759 bits per heavy atom. The summed E-state index contributed by atoms with van der Waals surface area (Å²) in [5.74, 6) is 0.965. The Morgan fingerprint density at radius 2 is 1.41 bits per heavy atom. The van der Waals surface area contributed by atoms with Crippen LogP contribution in [0.2, 0.25) is 0 Å². The molecule has 146 valence electrons. The van der Waals surface area contributed by atoms with Crippen molar-refractivity contribution < 1.29 is 4.74 Å². The van der Waals surface area contributed by atoms with E-state index in [1.54, 1.807) is 0 Å². The predicted octanol–water partition coefficient (Wildman–Crippen LogP) is 8.42. The average molecular weight is 445 g/mol. The summed E-state index contributed by atoms with van der Waals surface area (Å²) in [5.41, 5.74) is 5.89. The highest BCUT2D eigenvalue weighted by molar-refractivity contribution is 9.10. The summed E-state index contributed by atoms with van der Waals surface area (Å²) in [6, 6.07) is 27.9. The van der Waals surface area contributed by atoms with Crippen LogP contribution in [0.15, 0.2) is 83.3 Å². The standard InChI is InChI=1S/C27H25BrO/c1-3-4-16-29-27-24(22-14-9-11-20-10-5-6-12-21(20)22)17-19(2)18-25(27)23-13-7-8-15-26(23)28/h5-15,17-18H,3-4,16H2,1-2H3. The van der Waals surface area contributed by atoms with Gasteiger partial charge in [0.05, 0.1) is 6.61 Å². The molecule has 0 amide bonds. The second-order valence-electron chi connectivity index (χ2n) is 7.40. The number of ether oxygens (including phenoxy) is 1. The van der Waals surface area contributed by atoms with Crippen LogP contribution in [0, 0.1) is 6.92 Å². The van der Waals surface area contributed by atoms with Crippen LogP contribution >= 0.6 is 15.9 Å². The molecule has 0 saturated heterocycles. The molecule has 0 aromatic heterocycles. The van der Waals surface area contributed by atoms with Gasteiger partial charge in [-0.05, 0) is 59.0 Å². The van der Waals surface area contributed by atoms with Crippen LogP contribution in [0.4, 0.5) is 0 Å². The van der Waals surface area contributed by atoms with Crippen LogP contribution in [0.1, 0.15) is 25.3 Å². The van der Waals surface area contributed by atoms with Gasteiger partial charge in [-0.3, -0.25) is 0 Å². The van der Waals surface area contributed by atoms with E-state index in [1.165, 1.54) is 21.9 Å². The van der Waals surface area contributed by atoms with Gasteiger partial charge < -0.3 is 4.74 Å². The van der Waals surface area contributed by atoms with Crippen molar-refractivity contribution in [3.63, 3.8) is 0 Å². The third kappa shape index (κ3) is 4.09. The summed E-state index contributed by atoms with van der Waals surface area (Å²) >= 11 is 3.74. The van der Waals surface area contributed by atoms with Crippen molar-refractivity contribution >= 4 is 26.7 Å². The van der Waals surface area contributed by atoms with Crippen LogP contribution in [0.25, 0.3) is 33.0 Å². The first-order chi connectivity index (χ1) is 14.2. The van der Waals surface area contributed by atoms with Crippen LogP contribution < -0.4 is 4.74 Å². The molecular weight excluding hydrogens is 420 g/mol. The molecule has 4 rings (SSSR count). The van der Waals surface area contributed by atoms with E-state index < -0.39 is 0 Å². The van der Waals surface area contributed by atoms with Gasteiger partial charge in [0.1, 0.15) is 5.75 Å². The third-order valence-corrected chi connectivity index (χ3v) is 5.91. The van der Waals surface area contributed by atoms with Gasteiger partial charge in [0, 0.05) is 15.6 Å². The monoisotopic (exact) mass is 444 g/mol. The Hall–Kier alpha value is -2.58. The zero-order valence-corrected chi connectivity index (χ0v) is 18.5. The largest absolute Gasteiger partial charge is 0.492 e. The first-order valence-electron chi connectivity index (χ1n) is 10.2. The Kier molecular flexibility index (Phi) is 6.01. The van der Waals surface area contributed by atoms with Gasteiger partial charge >= 0.3 is 0 Å². The number of rotatable bonds is 6. The fourth-order valence-electron chi connectivity index (χ4n) is 3.79. The van der Waals surface area contributed by atoms with Crippen molar-refractivity contribution in [2.45, 2.75) is 26.7 Å². The first-order valence-corrected chi connectivity index (χ1v) is 11.0. The Morgan fingerprint density at radius 3 is 2.21 bits per heavy atom.